The van der Waals surface area contributed by atoms with Crippen LogP contribution in [-0.2, 0) is 4.74 Å². The van der Waals surface area contributed by atoms with Crippen molar-refractivity contribution < 1.29 is 13.9 Å². The van der Waals surface area contributed by atoms with Crippen LogP contribution in [0, 0.1) is 12.7 Å². The first-order chi connectivity index (χ1) is 7.65. The van der Waals surface area contributed by atoms with Crippen LogP contribution in [0.15, 0.2) is 18.2 Å². The molecule has 0 N–H and O–H groups in total. The Morgan fingerprint density at radius 3 is 2.94 bits per heavy atom. The zero-order chi connectivity index (χ0) is 11.5. The Kier molecular flexibility index (Phi) is 3.34. The van der Waals surface area contributed by atoms with Gasteiger partial charge in [0.25, 0.3) is 0 Å². The van der Waals surface area contributed by atoms with Crippen molar-refractivity contribution in [2.75, 3.05) is 6.61 Å². The number of ether oxygens (including phenoxy) is 1. The summed E-state index contributed by atoms with van der Waals surface area (Å²) in [5, 5.41) is 0. The second-order valence-electron chi connectivity index (χ2n) is 4.28. The maximum atomic E-state index is 13.1. The van der Waals surface area contributed by atoms with Gasteiger partial charge in [0, 0.05) is 18.6 Å². The number of halogens is 1. The van der Waals surface area contributed by atoms with Crippen molar-refractivity contribution in [2.45, 2.75) is 32.3 Å². The molecule has 0 aromatic heterocycles. The fourth-order valence-corrected chi connectivity index (χ4v) is 2.03. The van der Waals surface area contributed by atoms with E-state index in [1.165, 1.54) is 12.1 Å². The zero-order valence-corrected chi connectivity index (χ0v) is 9.33. The Hall–Kier alpha value is -1.22. The SMILES string of the molecule is Cc1cc(F)cc(C(=O)CC2CCCO2)c1. The lowest BCUT2D eigenvalue weighted by Crippen LogP contribution is -2.12. The molecular formula is C13H15FO2. The summed E-state index contributed by atoms with van der Waals surface area (Å²) in [4.78, 5) is 11.9. The largest absolute Gasteiger partial charge is 0.378 e. The van der Waals surface area contributed by atoms with Crippen molar-refractivity contribution >= 4 is 5.78 Å². The van der Waals surface area contributed by atoms with Gasteiger partial charge in [-0.25, -0.2) is 4.39 Å². The van der Waals surface area contributed by atoms with E-state index in [4.69, 9.17) is 4.74 Å². The number of hydrogen-bond acceptors (Lipinski definition) is 2. The van der Waals surface area contributed by atoms with Crippen LogP contribution in [0.1, 0.15) is 35.2 Å². The van der Waals surface area contributed by atoms with Gasteiger partial charge in [-0.3, -0.25) is 4.79 Å². The molecule has 1 atom stereocenters. The van der Waals surface area contributed by atoms with Gasteiger partial charge in [-0.05, 0) is 43.5 Å². The summed E-state index contributed by atoms with van der Waals surface area (Å²) in [5.74, 6) is -0.384. The fraction of sp³-hybridized carbons (Fsp3) is 0.462. The van der Waals surface area contributed by atoms with Crippen LogP contribution < -0.4 is 0 Å². The summed E-state index contributed by atoms with van der Waals surface area (Å²) < 4.78 is 18.5. The van der Waals surface area contributed by atoms with Gasteiger partial charge in [-0.1, -0.05) is 0 Å². The van der Waals surface area contributed by atoms with Gasteiger partial charge < -0.3 is 4.74 Å². The quantitative estimate of drug-likeness (QED) is 0.735. The molecule has 0 radical (unpaired) electrons. The van der Waals surface area contributed by atoms with Crippen molar-refractivity contribution in [3.63, 3.8) is 0 Å². The molecule has 1 aromatic rings. The Labute approximate surface area is 94.4 Å². The summed E-state index contributed by atoms with van der Waals surface area (Å²) in [6.45, 7) is 2.52. The topological polar surface area (TPSA) is 26.3 Å². The van der Waals surface area contributed by atoms with Crippen LogP contribution in [0.25, 0.3) is 0 Å². The zero-order valence-electron chi connectivity index (χ0n) is 9.33. The van der Waals surface area contributed by atoms with E-state index >= 15 is 0 Å². The number of aryl methyl sites for hydroxylation is 1. The molecule has 3 heteroatoms. The second kappa shape index (κ2) is 4.74. The van der Waals surface area contributed by atoms with Crippen LogP contribution in [0.4, 0.5) is 4.39 Å². The molecule has 0 spiro atoms. The first kappa shape index (κ1) is 11.3. The summed E-state index contributed by atoms with van der Waals surface area (Å²) in [6.07, 6.45) is 2.33. The monoisotopic (exact) mass is 222 g/mol. The number of carbonyl (C=O) groups excluding carboxylic acids is 1. The average molecular weight is 222 g/mol. The van der Waals surface area contributed by atoms with Gasteiger partial charge in [-0.2, -0.15) is 0 Å². The average Bonchev–Trinajstić information content (AvgIpc) is 2.68. The first-order valence-corrected chi connectivity index (χ1v) is 5.57. The van der Waals surface area contributed by atoms with Crippen molar-refractivity contribution in [2.24, 2.45) is 0 Å². The van der Waals surface area contributed by atoms with Gasteiger partial charge in [0.15, 0.2) is 5.78 Å². The highest BCUT2D eigenvalue weighted by molar-refractivity contribution is 5.96. The van der Waals surface area contributed by atoms with Crippen molar-refractivity contribution in [1.29, 1.82) is 0 Å². The lowest BCUT2D eigenvalue weighted by Gasteiger charge is -2.08. The maximum Gasteiger partial charge on any atom is 0.165 e. The van der Waals surface area contributed by atoms with E-state index in [1.54, 1.807) is 13.0 Å². The molecule has 86 valence electrons. The third kappa shape index (κ3) is 2.67. The van der Waals surface area contributed by atoms with Crippen LogP contribution in [-0.4, -0.2) is 18.5 Å². The highest BCUT2D eigenvalue weighted by atomic mass is 19.1. The Morgan fingerprint density at radius 1 is 1.50 bits per heavy atom. The third-order valence-corrected chi connectivity index (χ3v) is 2.80. The van der Waals surface area contributed by atoms with Crippen LogP contribution in [0.3, 0.4) is 0 Å². The molecule has 1 aliphatic rings. The number of rotatable bonds is 3. The van der Waals surface area contributed by atoms with Gasteiger partial charge in [0.1, 0.15) is 5.82 Å². The van der Waals surface area contributed by atoms with Gasteiger partial charge in [0.2, 0.25) is 0 Å². The predicted molar refractivity (Wildman–Crippen MR) is 59.1 cm³/mol. The molecule has 1 fully saturated rings. The standard InChI is InChI=1S/C13H15FO2/c1-9-5-10(7-11(14)6-9)13(15)8-12-3-2-4-16-12/h5-7,12H,2-4,8H2,1H3. The lowest BCUT2D eigenvalue weighted by atomic mass is 10.0. The van der Waals surface area contributed by atoms with E-state index < -0.39 is 0 Å². The molecule has 1 unspecified atom stereocenters. The molecule has 1 saturated heterocycles. The molecule has 2 nitrogen and oxygen atoms in total. The van der Waals surface area contributed by atoms with Crippen molar-refractivity contribution in [1.82, 2.24) is 0 Å². The third-order valence-electron chi connectivity index (χ3n) is 2.80. The Morgan fingerprint density at radius 2 is 2.31 bits per heavy atom. The van der Waals surface area contributed by atoms with Crippen LogP contribution in [0.2, 0.25) is 0 Å². The Balaban J connectivity index is 2.07. The van der Waals surface area contributed by atoms with Crippen LogP contribution in [0.5, 0.6) is 0 Å². The van der Waals surface area contributed by atoms with E-state index in [9.17, 15) is 9.18 Å². The minimum absolute atomic E-state index is 0.0241. The van der Waals surface area contributed by atoms with Gasteiger partial charge in [0.05, 0.1) is 6.10 Å². The molecule has 2 rings (SSSR count). The van der Waals surface area contributed by atoms with Crippen LogP contribution >= 0.6 is 0 Å². The summed E-state index contributed by atoms with van der Waals surface area (Å²) in [7, 11) is 0. The van der Waals surface area contributed by atoms with E-state index in [-0.39, 0.29) is 17.7 Å². The molecule has 0 aliphatic carbocycles. The second-order valence-corrected chi connectivity index (χ2v) is 4.28. The summed E-state index contributed by atoms with van der Waals surface area (Å²) in [6, 6.07) is 4.44. The Bertz CT molecular complexity index is 375. The first-order valence-electron chi connectivity index (χ1n) is 5.57. The lowest BCUT2D eigenvalue weighted by molar-refractivity contribution is 0.0775. The smallest absolute Gasteiger partial charge is 0.165 e. The molecule has 1 aromatic carbocycles. The molecule has 0 bridgehead atoms. The summed E-state index contributed by atoms with van der Waals surface area (Å²) >= 11 is 0. The van der Waals surface area contributed by atoms with Crippen molar-refractivity contribution in [3.8, 4) is 0 Å². The maximum absolute atomic E-state index is 13.1. The normalized spacial score (nSPS) is 20.0. The molecular weight excluding hydrogens is 207 g/mol. The van der Waals surface area contributed by atoms with E-state index in [0.29, 0.717) is 12.0 Å². The van der Waals surface area contributed by atoms with Crippen molar-refractivity contribution in [3.05, 3.63) is 35.1 Å². The predicted octanol–water partition coefficient (Wildman–Crippen LogP) is 2.89. The molecule has 1 aliphatic heterocycles. The number of carbonyl (C=O) groups is 1. The molecule has 1 heterocycles. The van der Waals surface area contributed by atoms with Gasteiger partial charge in [-0.15, -0.1) is 0 Å². The number of hydrogen-bond donors (Lipinski definition) is 0. The van der Waals surface area contributed by atoms with E-state index in [1.807, 2.05) is 0 Å². The summed E-state index contributed by atoms with van der Waals surface area (Å²) in [5.41, 5.74) is 1.23. The minimum atomic E-state index is -0.351. The number of benzene rings is 1. The van der Waals surface area contributed by atoms with E-state index in [2.05, 4.69) is 0 Å². The molecule has 0 amide bonds. The molecule has 0 saturated carbocycles. The van der Waals surface area contributed by atoms with Gasteiger partial charge >= 0.3 is 0 Å². The van der Waals surface area contributed by atoms with E-state index in [0.717, 1.165) is 25.0 Å². The fourth-order valence-electron chi connectivity index (χ4n) is 2.03. The number of Topliss-reactive ketones (excluding diaryl/α,β-unsaturated/α-hetero) is 1. The molecule has 16 heavy (non-hydrogen) atoms. The minimum Gasteiger partial charge on any atom is -0.378 e. The number of ketones is 1. The highest BCUT2D eigenvalue weighted by Crippen LogP contribution is 2.18. The highest BCUT2D eigenvalue weighted by Gasteiger charge is 2.20.